The van der Waals surface area contributed by atoms with Crippen molar-refractivity contribution in [3.63, 3.8) is 0 Å². The zero-order valence-corrected chi connectivity index (χ0v) is 13.2. The van der Waals surface area contributed by atoms with Crippen molar-refractivity contribution in [2.24, 2.45) is 11.7 Å². The van der Waals surface area contributed by atoms with Crippen molar-refractivity contribution in [3.05, 3.63) is 29.3 Å². The Kier molecular flexibility index (Phi) is 6.10. The van der Waals surface area contributed by atoms with E-state index in [1.807, 2.05) is 12.1 Å². The smallest absolute Gasteiger partial charge is 0.119 e. The zero-order valence-electron chi connectivity index (χ0n) is 13.2. The largest absolute Gasteiger partial charge is 0.497 e. The first kappa shape index (κ1) is 15.9. The summed E-state index contributed by atoms with van der Waals surface area (Å²) in [5, 5.41) is 0. The fourth-order valence-electron chi connectivity index (χ4n) is 3.04. The molecular formula is C18H26N2O. The summed E-state index contributed by atoms with van der Waals surface area (Å²) in [4.78, 5) is 2.53. The highest BCUT2D eigenvalue weighted by atomic mass is 16.5. The van der Waals surface area contributed by atoms with E-state index in [-0.39, 0.29) is 0 Å². The molecule has 2 rings (SSSR count). The number of nitrogens with two attached hydrogens (primary N) is 1. The van der Waals surface area contributed by atoms with Crippen LogP contribution in [0.3, 0.4) is 0 Å². The molecule has 0 aromatic heterocycles. The SMILES string of the molecule is CCCC1CCN(Cc2cc(OC)ccc2C#CCN)C1. The van der Waals surface area contributed by atoms with Gasteiger partial charge in [0, 0.05) is 18.7 Å². The summed E-state index contributed by atoms with van der Waals surface area (Å²) in [7, 11) is 1.71. The van der Waals surface area contributed by atoms with Crippen LogP contribution in [0.1, 0.15) is 37.3 Å². The lowest BCUT2D eigenvalue weighted by molar-refractivity contribution is 0.312. The first-order valence-corrected chi connectivity index (χ1v) is 7.85. The van der Waals surface area contributed by atoms with Gasteiger partial charge < -0.3 is 10.5 Å². The molecule has 3 heteroatoms. The maximum atomic E-state index is 5.49. The van der Waals surface area contributed by atoms with Gasteiger partial charge in [-0.25, -0.2) is 0 Å². The molecule has 114 valence electrons. The summed E-state index contributed by atoms with van der Waals surface area (Å²) in [6, 6.07) is 6.11. The van der Waals surface area contributed by atoms with Crippen LogP contribution >= 0.6 is 0 Å². The number of likely N-dealkylation sites (tertiary alicyclic amines) is 1. The van der Waals surface area contributed by atoms with E-state index in [9.17, 15) is 0 Å². The van der Waals surface area contributed by atoms with Crippen molar-refractivity contribution >= 4 is 0 Å². The second kappa shape index (κ2) is 8.07. The number of nitrogens with zero attached hydrogens (tertiary/aromatic N) is 1. The lowest BCUT2D eigenvalue weighted by Crippen LogP contribution is -2.20. The molecule has 1 fully saturated rings. The van der Waals surface area contributed by atoms with Gasteiger partial charge in [0.1, 0.15) is 5.75 Å². The molecule has 2 N–H and O–H groups in total. The highest BCUT2D eigenvalue weighted by Crippen LogP contribution is 2.25. The average Bonchev–Trinajstić information content (AvgIpc) is 2.93. The Hall–Kier alpha value is -1.50. The van der Waals surface area contributed by atoms with Crippen molar-refractivity contribution in [1.82, 2.24) is 4.90 Å². The van der Waals surface area contributed by atoms with E-state index in [0.29, 0.717) is 6.54 Å². The number of hydrogen-bond donors (Lipinski definition) is 1. The van der Waals surface area contributed by atoms with Crippen LogP contribution in [-0.4, -0.2) is 31.6 Å². The van der Waals surface area contributed by atoms with E-state index in [1.54, 1.807) is 7.11 Å². The molecule has 21 heavy (non-hydrogen) atoms. The minimum atomic E-state index is 0.397. The third-order valence-electron chi connectivity index (χ3n) is 4.10. The summed E-state index contributed by atoms with van der Waals surface area (Å²) >= 11 is 0. The monoisotopic (exact) mass is 286 g/mol. The number of rotatable bonds is 5. The number of benzene rings is 1. The molecule has 0 amide bonds. The molecule has 0 saturated carbocycles. The van der Waals surface area contributed by atoms with Crippen LogP contribution in [0.2, 0.25) is 0 Å². The van der Waals surface area contributed by atoms with Gasteiger partial charge in [-0.2, -0.15) is 0 Å². The minimum Gasteiger partial charge on any atom is -0.497 e. The lowest BCUT2D eigenvalue weighted by atomic mass is 10.0. The number of hydrogen-bond acceptors (Lipinski definition) is 3. The average molecular weight is 286 g/mol. The minimum absolute atomic E-state index is 0.397. The maximum absolute atomic E-state index is 5.49. The normalized spacial score (nSPS) is 18.3. The van der Waals surface area contributed by atoms with Crippen LogP contribution < -0.4 is 10.5 Å². The molecule has 0 spiro atoms. The molecule has 1 aliphatic heterocycles. The summed E-state index contributed by atoms with van der Waals surface area (Å²) in [6.07, 6.45) is 3.95. The highest BCUT2D eigenvalue weighted by molar-refractivity contribution is 5.45. The van der Waals surface area contributed by atoms with Gasteiger partial charge in [-0.05, 0) is 49.1 Å². The van der Waals surface area contributed by atoms with E-state index in [0.717, 1.165) is 23.8 Å². The summed E-state index contributed by atoms with van der Waals surface area (Å²) in [6.45, 7) is 6.01. The Balaban J connectivity index is 2.10. The zero-order chi connectivity index (χ0) is 15.1. The van der Waals surface area contributed by atoms with Gasteiger partial charge in [-0.3, -0.25) is 4.90 Å². The van der Waals surface area contributed by atoms with E-state index in [2.05, 4.69) is 29.7 Å². The van der Waals surface area contributed by atoms with Crippen LogP contribution in [0.25, 0.3) is 0 Å². The van der Waals surface area contributed by atoms with Crippen molar-refractivity contribution in [3.8, 4) is 17.6 Å². The second-order valence-corrected chi connectivity index (χ2v) is 5.71. The molecule has 1 unspecified atom stereocenters. The van der Waals surface area contributed by atoms with Crippen molar-refractivity contribution in [1.29, 1.82) is 0 Å². The third-order valence-corrected chi connectivity index (χ3v) is 4.10. The molecule has 1 atom stereocenters. The molecule has 0 aliphatic carbocycles. The van der Waals surface area contributed by atoms with Gasteiger partial charge in [0.2, 0.25) is 0 Å². The van der Waals surface area contributed by atoms with Gasteiger partial charge in [-0.15, -0.1) is 0 Å². The predicted octanol–water partition coefficient (Wildman–Crippen LogP) is 2.63. The fourth-order valence-corrected chi connectivity index (χ4v) is 3.04. The fraction of sp³-hybridized carbons (Fsp3) is 0.556. The number of methoxy groups -OCH3 is 1. The standard InChI is InChI=1S/C18H26N2O/c1-3-5-15-9-11-20(13-15)14-17-12-18(21-2)8-7-16(17)6-4-10-19/h7-8,12,15H,3,5,9-11,13-14,19H2,1-2H3. The van der Waals surface area contributed by atoms with Crippen LogP contribution in [0.4, 0.5) is 0 Å². The van der Waals surface area contributed by atoms with Crippen LogP contribution in [0.15, 0.2) is 18.2 Å². The Labute approximate surface area is 128 Å². The van der Waals surface area contributed by atoms with E-state index in [4.69, 9.17) is 10.5 Å². The first-order chi connectivity index (χ1) is 10.3. The van der Waals surface area contributed by atoms with Crippen LogP contribution in [0, 0.1) is 17.8 Å². The lowest BCUT2D eigenvalue weighted by Gasteiger charge is -2.17. The first-order valence-electron chi connectivity index (χ1n) is 7.85. The molecular weight excluding hydrogens is 260 g/mol. The van der Waals surface area contributed by atoms with Gasteiger partial charge in [0.15, 0.2) is 0 Å². The summed E-state index contributed by atoms with van der Waals surface area (Å²) in [5.74, 6) is 7.89. The molecule has 1 aromatic carbocycles. The van der Waals surface area contributed by atoms with Gasteiger partial charge in [-0.1, -0.05) is 25.2 Å². The van der Waals surface area contributed by atoms with E-state index in [1.165, 1.54) is 37.9 Å². The molecule has 3 nitrogen and oxygen atoms in total. The second-order valence-electron chi connectivity index (χ2n) is 5.71. The third kappa shape index (κ3) is 4.49. The van der Waals surface area contributed by atoms with Crippen LogP contribution in [0.5, 0.6) is 5.75 Å². The van der Waals surface area contributed by atoms with Crippen molar-refractivity contribution in [2.45, 2.75) is 32.7 Å². The van der Waals surface area contributed by atoms with E-state index >= 15 is 0 Å². The Morgan fingerprint density at radius 2 is 2.29 bits per heavy atom. The number of ether oxygens (including phenoxy) is 1. The highest BCUT2D eigenvalue weighted by Gasteiger charge is 2.22. The van der Waals surface area contributed by atoms with E-state index < -0.39 is 0 Å². The van der Waals surface area contributed by atoms with Gasteiger partial charge in [0.25, 0.3) is 0 Å². The van der Waals surface area contributed by atoms with Gasteiger partial charge in [0.05, 0.1) is 13.7 Å². The topological polar surface area (TPSA) is 38.5 Å². The molecule has 0 radical (unpaired) electrons. The molecule has 1 aliphatic rings. The Bertz CT molecular complexity index is 516. The summed E-state index contributed by atoms with van der Waals surface area (Å²) in [5.41, 5.74) is 7.80. The van der Waals surface area contributed by atoms with Crippen molar-refractivity contribution < 1.29 is 4.74 Å². The quantitative estimate of drug-likeness (QED) is 0.846. The maximum Gasteiger partial charge on any atom is 0.119 e. The molecule has 0 bridgehead atoms. The summed E-state index contributed by atoms with van der Waals surface area (Å²) < 4.78 is 5.35. The van der Waals surface area contributed by atoms with Crippen molar-refractivity contribution in [2.75, 3.05) is 26.7 Å². The molecule has 1 saturated heterocycles. The predicted molar refractivity (Wildman–Crippen MR) is 87.2 cm³/mol. The Morgan fingerprint density at radius 1 is 1.43 bits per heavy atom. The molecule has 1 heterocycles. The molecule has 1 aromatic rings. The Morgan fingerprint density at radius 3 is 3.00 bits per heavy atom. The van der Waals surface area contributed by atoms with Crippen LogP contribution in [-0.2, 0) is 6.54 Å². The van der Waals surface area contributed by atoms with Gasteiger partial charge >= 0.3 is 0 Å².